The lowest BCUT2D eigenvalue weighted by molar-refractivity contribution is 0.111. The largest absolute Gasteiger partial charge is 0.335 e. The maximum Gasteiger partial charge on any atom is 0.168 e. The summed E-state index contributed by atoms with van der Waals surface area (Å²) in [4.78, 5) is 19.0. The molecule has 1 aliphatic rings. The molecule has 5 nitrogen and oxygen atoms in total. The lowest BCUT2D eigenvalue weighted by Crippen LogP contribution is -2.09. The molecule has 0 radical (unpaired) electrons. The van der Waals surface area contributed by atoms with Crippen LogP contribution in [0.5, 0.6) is 0 Å². The molecule has 0 saturated carbocycles. The lowest BCUT2D eigenvalue weighted by Gasteiger charge is -2.20. The molecule has 2 aromatic heterocycles. The molecule has 78 valence electrons. The average Bonchev–Trinajstić information content (AvgIpc) is 2.35. The molecule has 0 amide bonds. The van der Waals surface area contributed by atoms with Gasteiger partial charge in [-0.3, -0.25) is 4.79 Å². The highest BCUT2D eigenvalue weighted by molar-refractivity contribution is 5.87. The van der Waals surface area contributed by atoms with Crippen LogP contribution in [0.25, 0.3) is 0 Å². The van der Waals surface area contributed by atoms with E-state index in [1.807, 2.05) is 12.1 Å². The van der Waals surface area contributed by atoms with Crippen molar-refractivity contribution in [1.29, 1.82) is 0 Å². The van der Waals surface area contributed by atoms with Crippen LogP contribution in [0.4, 0.5) is 23.0 Å². The van der Waals surface area contributed by atoms with Crippen molar-refractivity contribution in [2.75, 3.05) is 10.6 Å². The Kier molecular flexibility index (Phi) is 1.83. The fourth-order valence-electron chi connectivity index (χ4n) is 1.60. The molecule has 0 spiro atoms. The second kappa shape index (κ2) is 3.30. The zero-order chi connectivity index (χ0) is 11.0. The summed E-state index contributed by atoms with van der Waals surface area (Å²) >= 11 is 0. The van der Waals surface area contributed by atoms with E-state index in [9.17, 15) is 4.79 Å². The third kappa shape index (κ3) is 1.30. The number of anilines is 4. The third-order valence-electron chi connectivity index (χ3n) is 2.35. The van der Waals surface area contributed by atoms with Crippen molar-refractivity contribution in [2.24, 2.45) is 0 Å². The second-order valence-electron chi connectivity index (χ2n) is 3.40. The zero-order valence-corrected chi connectivity index (χ0v) is 8.27. The van der Waals surface area contributed by atoms with Crippen molar-refractivity contribution in [2.45, 2.75) is 0 Å². The summed E-state index contributed by atoms with van der Waals surface area (Å²) in [6, 6.07) is 7.20. The Labute approximate surface area is 91.5 Å². The summed E-state index contributed by atoms with van der Waals surface area (Å²) in [5.74, 6) is 1.40. The fourth-order valence-corrected chi connectivity index (χ4v) is 1.60. The van der Waals surface area contributed by atoms with Gasteiger partial charge in [0.1, 0.15) is 5.69 Å². The molecule has 2 N–H and O–H groups in total. The number of carbonyl (C=O) groups excluding carboxylic acids is 1. The van der Waals surface area contributed by atoms with Crippen LogP contribution in [0.1, 0.15) is 10.5 Å². The summed E-state index contributed by atoms with van der Waals surface area (Å²) in [6.07, 6.45) is 2.44. The molecule has 0 bridgehead atoms. The molecule has 3 rings (SSSR count). The Morgan fingerprint density at radius 1 is 1.06 bits per heavy atom. The minimum absolute atomic E-state index is 0.403. The second-order valence-corrected chi connectivity index (χ2v) is 3.40. The van der Waals surface area contributed by atoms with Gasteiger partial charge in [0.15, 0.2) is 17.9 Å². The smallest absolute Gasteiger partial charge is 0.168 e. The van der Waals surface area contributed by atoms with Crippen molar-refractivity contribution in [3.8, 4) is 0 Å². The van der Waals surface area contributed by atoms with Crippen molar-refractivity contribution in [1.82, 2.24) is 9.97 Å². The van der Waals surface area contributed by atoms with E-state index in [2.05, 4.69) is 20.6 Å². The van der Waals surface area contributed by atoms with Gasteiger partial charge in [-0.2, -0.15) is 0 Å². The van der Waals surface area contributed by atoms with E-state index in [1.165, 1.54) is 0 Å². The van der Waals surface area contributed by atoms with Gasteiger partial charge in [-0.1, -0.05) is 0 Å². The van der Waals surface area contributed by atoms with Crippen molar-refractivity contribution < 1.29 is 4.79 Å². The van der Waals surface area contributed by atoms with Crippen LogP contribution in [0.3, 0.4) is 0 Å². The minimum Gasteiger partial charge on any atom is -0.335 e. The van der Waals surface area contributed by atoms with Gasteiger partial charge in [0.05, 0.1) is 11.4 Å². The Hall–Kier alpha value is -2.43. The normalized spacial score (nSPS) is 11.8. The van der Waals surface area contributed by atoms with Crippen LogP contribution in [0, 0.1) is 0 Å². The first-order valence-electron chi connectivity index (χ1n) is 4.82. The van der Waals surface area contributed by atoms with Gasteiger partial charge in [-0.15, -0.1) is 0 Å². The Balaban J connectivity index is 2.08. The van der Waals surface area contributed by atoms with E-state index in [4.69, 9.17) is 0 Å². The molecule has 3 heterocycles. The Bertz CT molecular complexity index is 568. The number of carbonyl (C=O) groups is 1. The molecule has 16 heavy (non-hydrogen) atoms. The predicted molar refractivity (Wildman–Crippen MR) is 60.4 cm³/mol. The summed E-state index contributed by atoms with van der Waals surface area (Å²) < 4.78 is 0. The van der Waals surface area contributed by atoms with E-state index in [0.29, 0.717) is 11.5 Å². The molecule has 5 heteroatoms. The van der Waals surface area contributed by atoms with Gasteiger partial charge in [0, 0.05) is 6.20 Å². The molecule has 0 unspecified atom stereocenters. The maximum absolute atomic E-state index is 10.6. The molecular formula is C11H8N4O. The van der Waals surface area contributed by atoms with E-state index in [1.54, 1.807) is 18.3 Å². The number of hydrogen-bond acceptors (Lipinski definition) is 5. The van der Waals surface area contributed by atoms with E-state index in [-0.39, 0.29) is 0 Å². The number of aromatic nitrogens is 2. The molecular weight excluding hydrogens is 204 g/mol. The highest BCUT2D eigenvalue weighted by Gasteiger charge is 2.15. The zero-order valence-electron chi connectivity index (χ0n) is 8.27. The first kappa shape index (κ1) is 8.84. The molecule has 2 aromatic rings. The lowest BCUT2D eigenvalue weighted by atomic mass is 10.2. The van der Waals surface area contributed by atoms with Crippen molar-refractivity contribution in [3.05, 3.63) is 36.2 Å². The third-order valence-corrected chi connectivity index (χ3v) is 2.35. The van der Waals surface area contributed by atoms with Crippen molar-refractivity contribution in [3.63, 3.8) is 0 Å². The topological polar surface area (TPSA) is 66.9 Å². The number of aldehydes is 1. The minimum atomic E-state index is 0.403. The standard InChI is InChI=1S/C11H8N4O/c16-6-7-3-4-9-11(13-7)15-8-2-1-5-12-10(8)14-9/h1-6H,(H,12,14)(H,13,15). The number of nitrogens with one attached hydrogen (secondary N) is 2. The Morgan fingerprint density at radius 3 is 2.75 bits per heavy atom. The van der Waals surface area contributed by atoms with Gasteiger partial charge in [0.2, 0.25) is 0 Å². The molecule has 0 fully saturated rings. The van der Waals surface area contributed by atoms with E-state index >= 15 is 0 Å². The number of hydrogen-bond donors (Lipinski definition) is 2. The van der Waals surface area contributed by atoms with Crippen LogP contribution in [0.15, 0.2) is 30.5 Å². The van der Waals surface area contributed by atoms with Crippen LogP contribution in [-0.4, -0.2) is 16.3 Å². The monoisotopic (exact) mass is 212 g/mol. The van der Waals surface area contributed by atoms with Crippen molar-refractivity contribution >= 4 is 29.3 Å². The van der Waals surface area contributed by atoms with Crippen LogP contribution >= 0.6 is 0 Å². The van der Waals surface area contributed by atoms with Crippen LogP contribution in [-0.2, 0) is 0 Å². The highest BCUT2D eigenvalue weighted by Crippen LogP contribution is 2.35. The first-order chi connectivity index (χ1) is 7.86. The molecule has 0 saturated heterocycles. The van der Waals surface area contributed by atoms with Crippen LogP contribution < -0.4 is 10.6 Å². The van der Waals surface area contributed by atoms with E-state index < -0.39 is 0 Å². The van der Waals surface area contributed by atoms with E-state index in [0.717, 1.165) is 23.5 Å². The SMILES string of the molecule is O=Cc1ccc2c(n1)Nc1cccnc1N2. The first-order valence-corrected chi connectivity index (χ1v) is 4.82. The number of fused-ring (bicyclic) bond motifs is 2. The fraction of sp³-hybridized carbons (Fsp3) is 0. The number of pyridine rings is 2. The average molecular weight is 212 g/mol. The highest BCUT2D eigenvalue weighted by atomic mass is 16.1. The summed E-state index contributed by atoms with van der Waals surface area (Å²) in [6.45, 7) is 0. The van der Waals surface area contributed by atoms with Gasteiger partial charge in [0.25, 0.3) is 0 Å². The number of rotatable bonds is 1. The Morgan fingerprint density at radius 2 is 1.88 bits per heavy atom. The quantitative estimate of drug-likeness (QED) is 0.604. The number of nitrogens with zero attached hydrogens (tertiary/aromatic N) is 2. The molecule has 0 aliphatic carbocycles. The van der Waals surface area contributed by atoms with Gasteiger partial charge < -0.3 is 10.6 Å². The van der Waals surface area contributed by atoms with Gasteiger partial charge in [-0.25, -0.2) is 9.97 Å². The van der Waals surface area contributed by atoms with Gasteiger partial charge in [-0.05, 0) is 24.3 Å². The molecule has 0 aromatic carbocycles. The maximum atomic E-state index is 10.6. The molecule has 1 aliphatic heterocycles. The summed E-state index contributed by atoms with van der Waals surface area (Å²) in [5.41, 5.74) is 2.07. The van der Waals surface area contributed by atoms with Gasteiger partial charge >= 0.3 is 0 Å². The predicted octanol–water partition coefficient (Wildman–Crippen LogP) is 2.09. The van der Waals surface area contributed by atoms with Crippen LogP contribution in [0.2, 0.25) is 0 Å². The molecule has 0 atom stereocenters. The summed E-state index contributed by atoms with van der Waals surface area (Å²) in [5, 5.41) is 6.26. The summed E-state index contributed by atoms with van der Waals surface area (Å²) in [7, 11) is 0.